The molecule has 582 valence electrons. The van der Waals surface area contributed by atoms with Gasteiger partial charge in [0, 0.05) is 25.7 Å². The van der Waals surface area contributed by atoms with Gasteiger partial charge < -0.3 is 33.8 Å². The first-order valence-electron chi connectivity index (χ1n) is 41.0. The number of ether oxygens (including phenoxy) is 4. The van der Waals surface area contributed by atoms with E-state index in [1.807, 2.05) is 0 Å². The summed E-state index contributed by atoms with van der Waals surface area (Å²) < 4.78 is 68.6. The maximum absolute atomic E-state index is 13.1. The fourth-order valence-electron chi connectivity index (χ4n) is 12.2. The molecule has 0 aliphatic rings. The van der Waals surface area contributed by atoms with E-state index in [2.05, 4.69) is 41.5 Å². The fourth-order valence-corrected chi connectivity index (χ4v) is 13.7. The van der Waals surface area contributed by atoms with Crippen molar-refractivity contribution in [1.82, 2.24) is 0 Å². The van der Waals surface area contributed by atoms with E-state index >= 15 is 0 Å². The molecule has 0 saturated heterocycles. The zero-order chi connectivity index (χ0) is 72.1. The average Bonchev–Trinajstić information content (AvgIpc) is 1.41. The smallest absolute Gasteiger partial charge is 0.462 e. The summed E-state index contributed by atoms with van der Waals surface area (Å²) in [7, 11) is -9.91. The summed E-state index contributed by atoms with van der Waals surface area (Å²) in [6.45, 7) is 9.59. The van der Waals surface area contributed by atoms with Crippen molar-refractivity contribution in [3.8, 4) is 0 Å². The van der Waals surface area contributed by atoms with Crippen molar-refractivity contribution in [2.75, 3.05) is 39.6 Å². The van der Waals surface area contributed by atoms with Crippen LogP contribution in [0.1, 0.15) is 414 Å². The predicted molar refractivity (Wildman–Crippen MR) is 400 cm³/mol. The summed E-state index contributed by atoms with van der Waals surface area (Å²) in [5, 5.41) is 10.6. The number of carbonyl (C=O) groups excluding carboxylic acids is 4. The minimum Gasteiger partial charge on any atom is -0.462 e. The van der Waals surface area contributed by atoms with Crippen LogP contribution >= 0.6 is 15.6 Å². The second-order valence-corrected chi connectivity index (χ2v) is 32.1. The molecular weight excluding hydrogens is 1280 g/mol. The van der Waals surface area contributed by atoms with Gasteiger partial charge in [-0.15, -0.1) is 0 Å². The Hall–Kier alpha value is -1.94. The summed E-state index contributed by atoms with van der Waals surface area (Å²) in [4.78, 5) is 72.9. The van der Waals surface area contributed by atoms with Gasteiger partial charge in [0.05, 0.1) is 26.4 Å². The third-order valence-electron chi connectivity index (χ3n) is 18.8. The van der Waals surface area contributed by atoms with Crippen molar-refractivity contribution in [3.05, 3.63) is 0 Å². The number of hydrogen-bond donors (Lipinski definition) is 3. The van der Waals surface area contributed by atoms with E-state index in [0.29, 0.717) is 31.6 Å². The Morgan fingerprint density at radius 2 is 0.520 bits per heavy atom. The van der Waals surface area contributed by atoms with Gasteiger partial charge in [-0.2, -0.15) is 0 Å². The lowest BCUT2D eigenvalue weighted by atomic mass is 9.99. The molecule has 0 aliphatic carbocycles. The van der Waals surface area contributed by atoms with Crippen molar-refractivity contribution in [1.29, 1.82) is 0 Å². The number of hydrogen-bond acceptors (Lipinski definition) is 15. The van der Waals surface area contributed by atoms with Gasteiger partial charge in [0.15, 0.2) is 12.2 Å². The van der Waals surface area contributed by atoms with Crippen LogP contribution < -0.4 is 0 Å². The Morgan fingerprint density at radius 3 is 0.776 bits per heavy atom. The monoisotopic (exact) mass is 1440 g/mol. The Kier molecular flexibility index (Phi) is 69.3. The third-order valence-corrected chi connectivity index (χ3v) is 20.7. The van der Waals surface area contributed by atoms with Gasteiger partial charge in [-0.1, -0.05) is 363 Å². The number of carbonyl (C=O) groups is 4. The SMILES string of the molecule is CCCCCCCCCCCCCCCCCCCCC(=O)OC[C@H](COP(=O)(O)OC[C@@H](O)COP(=O)(O)OC[C@@H](COC(=O)CCCCCCCCC(C)C)OC(=O)CCCCCCCCCCCCCCC)OC(=O)CCCCCCCCCCCCCCCCC(C)CC. The summed E-state index contributed by atoms with van der Waals surface area (Å²) >= 11 is 0. The molecule has 0 saturated carbocycles. The lowest BCUT2D eigenvalue weighted by molar-refractivity contribution is -0.161. The highest BCUT2D eigenvalue weighted by molar-refractivity contribution is 7.47. The first-order chi connectivity index (χ1) is 47.4. The highest BCUT2D eigenvalue weighted by Crippen LogP contribution is 2.45. The van der Waals surface area contributed by atoms with Gasteiger partial charge in [0.1, 0.15) is 19.3 Å². The first-order valence-corrected chi connectivity index (χ1v) is 44.0. The zero-order valence-corrected chi connectivity index (χ0v) is 65.9. The standard InChI is InChI=1S/C79H154O17P2/c1-7-10-12-14-16-18-20-22-23-24-25-26-31-34-38-42-49-55-61-76(81)89-67-74(95-78(83)64-58-52-44-40-36-32-28-27-30-33-37-41-48-54-60-72(6)9-3)69-93-97(85,86)91-65-73(80)66-92-98(87,88)94-70-75(68-90-77(82)62-56-50-46-45-47-53-59-71(4)5)96-79(84)63-57-51-43-39-35-29-21-19-17-15-13-11-8-2/h71-75,80H,7-70H2,1-6H3,(H,85,86)(H,87,88)/t72?,73-,74-,75-/m1/s1. The molecule has 98 heavy (non-hydrogen) atoms. The second kappa shape index (κ2) is 70.7. The highest BCUT2D eigenvalue weighted by atomic mass is 31.2. The minimum atomic E-state index is -4.96. The number of esters is 4. The number of aliphatic hydroxyl groups excluding tert-OH is 1. The maximum atomic E-state index is 13.1. The molecule has 6 atom stereocenters. The van der Waals surface area contributed by atoms with Gasteiger partial charge in [-0.25, -0.2) is 9.13 Å². The summed E-state index contributed by atoms with van der Waals surface area (Å²) in [6.07, 6.45) is 59.7. The molecule has 0 aromatic rings. The topological polar surface area (TPSA) is 237 Å². The van der Waals surface area contributed by atoms with Gasteiger partial charge in [-0.05, 0) is 37.5 Å². The molecule has 0 spiro atoms. The quantitative estimate of drug-likeness (QED) is 0.0222. The van der Waals surface area contributed by atoms with Crippen LogP contribution in [-0.2, 0) is 65.4 Å². The number of unbranched alkanes of at least 4 members (excludes halogenated alkanes) is 47. The van der Waals surface area contributed by atoms with Crippen LogP contribution in [0.3, 0.4) is 0 Å². The van der Waals surface area contributed by atoms with E-state index in [0.717, 1.165) is 102 Å². The predicted octanol–water partition coefficient (Wildman–Crippen LogP) is 23.5. The second-order valence-electron chi connectivity index (χ2n) is 29.2. The average molecular weight is 1440 g/mol. The summed E-state index contributed by atoms with van der Waals surface area (Å²) in [5.41, 5.74) is 0. The number of rotatable bonds is 78. The van der Waals surface area contributed by atoms with Crippen LogP contribution in [0.5, 0.6) is 0 Å². The van der Waals surface area contributed by atoms with Crippen LogP contribution in [0.15, 0.2) is 0 Å². The fraction of sp³-hybridized carbons (Fsp3) is 0.949. The molecule has 3 N–H and O–H groups in total. The molecule has 0 radical (unpaired) electrons. The highest BCUT2D eigenvalue weighted by Gasteiger charge is 2.30. The van der Waals surface area contributed by atoms with Gasteiger partial charge in [0.25, 0.3) is 0 Å². The van der Waals surface area contributed by atoms with Crippen LogP contribution in [0, 0.1) is 11.8 Å². The van der Waals surface area contributed by atoms with E-state index in [1.54, 1.807) is 0 Å². The molecular formula is C79H154O17P2. The molecule has 0 heterocycles. The van der Waals surface area contributed by atoms with E-state index < -0.39 is 97.5 Å². The number of phosphoric acid groups is 2. The third kappa shape index (κ3) is 71.1. The van der Waals surface area contributed by atoms with Crippen molar-refractivity contribution in [2.24, 2.45) is 11.8 Å². The summed E-state index contributed by atoms with van der Waals surface area (Å²) in [5.74, 6) is -0.587. The minimum absolute atomic E-state index is 0.107. The number of phosphoric ester groups is 2. The first kappa shape index (κ1) is 96.1. The van der Waals surface area contributed by atoms with E-state index in [4.69, 9.17) is 37.0 Å². The van der Waals surface area contributed by atoms with Gasteiger partial charge in [0.2, 0.25) is 0 Å². The molecule has 17 nitrogen and oxygen atoms in total. The summed E-state index contributed by atoms with van der Waals surface area (Å²) in [6, 6.07) is 0. The van der Waals surface area contributed by atoms with Crippen molar-refractivity contribution < 1.29 is 80.2 Å². The Bertz CT molecular complexity index is 1890. The lowest BCUT2D eigenvalue weighted by Crippen LogP contribution is -2.30. The van der Waals surface area contributed by atoms with E-state index in [-0.39, 0.29) is 25.7 Å². The zero-order valence-electron chi connectivity index (χ0n) is 64.1. The van der Waals surface area contributed by atoms with Crippen LogP contribution in [0.2, 0.25) is 0 Å². The number of aliphatic hydroxyl groups is 1. The molecule has 0 amide bonds. The van der Waals surface area contributed by atoms with Crippen LogP contribution in [0.4, 0.5) is 0 Å². The van der Waals surface area contributed by atoms with E-state index in [1.165, 1.54) is 225 Å². The normalized spacial score (nSPS) is 14.2. The van der Waals surface area contributed by atoms with Crippen LogP contribution in [0.25, 0.3) is 0 Å². The van der Waals surface area contributed by atoms with Gasteiger partial charge in [-0.3, -0.25) is 37.3 Å². The van der Waals surface area contributed by atoms with Gasteiger partial charge >= 0.3 is 39.5 Å². The Balaban J connectivity index is 5.22. The molecule has 19 heteroatoms. The van der Waals surface area contributed by atoms with Crippen molar-refractivity contribution in [2.45, 2.75) is 432 Å². The molecule has 0 aromatic carbocycles. The molecule has 0 fully saturated rings. The lowest BCUT2D eigenvalue weighted by Gasteiger charge is -2.21. The van der Waals surface area contributed by atoms with Crippen LogP contribution in [-0.4, -0.2) is 96.7 Å². The van der Waals surface area contributed by atoms with Crippen molar-refractivity contribution in [3.63, 3.8) is 0 Å². The molecule has 3 unspecified atom stereocenters. The molecule has 0 rings (SSSR count). The molecule has 0 bridgehead atoms. The molecule has 0 aromatic heterocycles. The van der Waals surface area contributed by atoms with E-state index in [9.17, 15) is 43.2 Å². The Morgan fingerprint density at radius 1 is 0.296 bits per heavy atom. The largest absolute Gasteiger partial charge is 0.472 e. The van der Waals surface area contributed by atoms with Crippen molar-refractivity contribution >= 4 is 39.5 Å². The maximum Gasteiger partial charge on any atom is 0.472 e. The molecule has 0 aliphatic heterocycles. The Labute approximate surface area is 600 Å².